The van der Waals surface area contributed by atoms with E-state index in [0.717, 1.165) is 0 Å². The van der Waals surface area contributed by atoms with E-state index in [-0.39, 0.29) is 38.7 Å². The predicted octanol–water partition coefficient (Wildman–Crippen LogP) is 0.408. The maximum atomic E-state index is 11.9. The van der Waals surface area contributed by atoms with Crippen LogP contribution in [0, 0.1) is 17.8 Å². The second-order valence-electron chi connectivity index (χ2n) is 8.01. The summed E-state index contributed by atoms with van der Waals surface area (Å²) in [5.41, 5.74) is 0. The third kappa shape index (κ3) is 7.49. The van der Waals surface area contributed by atoms with Crippen LogP contribution in [0.2, 0.25) is 0 Å². The molecule has 2 saturated heterocycles. The number of carbonyl (C=O) groups is 6. The van der Waals surface area contributed by atoms with Gasteiger partial charge in [-0.2, -0.15) is 0 Å². The Bertz CT molecular complexity index is 780. The highest BCUT2D eigenvalue weighted by Crippen LogP contribution is 2.41. The van der Waals surface area contributed by atoms with Crippen molar-refractivity contribution in [3.8, 4) is 0 Å². The molecule has 0 aromatic heterocycles. The summed E-state index contributed by atoms with van der Waals surface area (Å²) in [6.45, 7) is 1.48. The molecule has 0 aliphatic carbocycles. The van der Waals surface area contributed by atoms with Gasteiger partial charge < -0.3 is 29.6 Å². The van der Waals surface area contributed by atoms with Gasteiger partial charge in [0.25, 0.3) is 11.8 Å². The van der Waals surface area contributed by atoms with Crippen LogP contribution >= 0.6 is 0 Å². The summed E-state index contributed by atoms with van der Waals surface area (Å²) >= 11 is 0. The van der Waals surface area contributed by atoms with Crippen molar-refractivity contribution in [1.82, 2.24) is 5.06 Å². The van der Waals surface area contributed by atoms with Crippen LogP contribution in [-0.2, 0) is 43.1 Å². The minimum absolute atomic E-state index is 0.0300. The fourth-order valence-corrected chi connectivity index (χ4v) is 4.14. The van der Waals surface area contributed by atoms with Crippen molar-refractivity contribution in [1.29, 1.82) is 0 Å². The lowest BCUT2D eigenvalue weighted by atomic mass is 9.71. The average Bonchev–Trinajstić information content (AvgIpc) is 3.01. The molecule has 0 radical (unpaired) electrons. The molecular weight excluding hydrogens is 446 g/mol. The third-order valence-corrected chi connectivity index (χ3v) is 5.64. The average molecular weight is 473 g/mol. The van der Waals surface area contributed by atoms with Crippen LogP contribution in [0.5, 0.6) is 0 Å². The summed E-state index contributed by atoms with van der Waals surface area (Å²) in [6.07, 6.45) is -3.34. The molecule has 2 aliphatic rings. The first-order chi connectivity index (χ1) is 15.5. The SMILES string of the molecule is C[C@@H]1O[C@@H](OCCCC(=O)ON2C(=O)CCC2=O)[C@H](CC(=O)O)[C@H](CC(=O)O)[C@@H]1CC(=O)O. The zero-order valence-corrected chi connectivity index (χ0v) is 18.0. The maximum absolute atomic E-state index is 11.9. The highest BCUT2D eigenvalue weighted by Gasteiger charge is 2.46. The van der Waals surface area contributed by atoms with Crippen LogP contribution in [-0.4, -0.2) is 75.1 Å². The van der Waals surface area contributed by atoms with Gasteiger partial charge in [-0.3, -0.25) is 24.0 Å². The molecular formula is C20H27NO12. The normalized spacial score (nSPS) is 27.4. The van der Waals surface area contributed by atoms with Gasteiger partial charge in [-0.05, 0) is 25.2 Å². The summed E-state index contributed by atoms with van der Waals surface area (Å²) in [5.74, 6) is -8.09. The molecule has 13 heteroatoms. The van der Waals surface area contributed by atoms with Crippen molar-refractivity contribution < 1.29 is 58.4 Å². The number of carboxylic acids is 3. The molecule has 2 aliphatic heterocycles. The van der Waals surface area contributed by atoms with E-state index in [1.54, 1.807) is 6.92 Å². The van der Waals surface area contributed by atoms with E-state index in [1.165, 1.54) is 0 Å². The molecule has 13 nitrogen and oxygen atoms in total. The van der Waals surface area contributed by atoms with E-state index >= 15 is 0 Å². The highest BCUT2D eigenvalue weighted by atomic mass is 16.7. The summed E-state index contributed by atoms with van der Waals surface area (Å²) in [4.78, 5) is 73.6. The molecule has 184 valence electrons. The van der Waals surface area contributed by atoms with E-state index < -0.39 is 78.7 Å². The Morgan fingerprint density at radius 1 is 0.909 bits per heavy atom. The van der Waals surface area contributed by atoms with Gasteiger partial charge in [-0.1, -0.05) is 0 Å². The van der Waals surface area contributed by atoms with Crippen molar-refractivity contribution >= 4 is 35.7 Å². The second kappa shape index (κ2) is 11.7. The molecule has 2 amide bonds. The summed E-state index contributed by atoms with van der Waals surface area (Å²) in [5, 5.41) is 28.2. The fourth-order valence-electron chi connectivity index (χ4n) is 4.14. The second-order valence-corrected chi connectivity index (χ2v) is 8.01. The Kier molecular flexibility index (Phi) is 9.29. The summed E-state index contributed by atoms with van der Waals surface area (Å²) in [7, 11) is 0. The minimum atomic E-state index is -1.22. The molecule has 0 aromatic carbocycles. The van der Waals surface area contributed by atoms with Crippen LogP contribution in [0.4, 0.5) is 0 Å². The number of ether oxygens (including phenoxy) is 2. The fraction of sp³-hybridized carbons (Fsp3) is 0.700. The van der Waals surface area contributed by atoms with Crippen molar-refractivity contribution in [2.45, 2.75) is 64.3 Å². The molecule has 5 atom stereocenters. The van der Waals surface area contributed by atoms with Gasteiger partial charge in [-0.25, -0.2) is 4.79 Å². The Labute approximate surface area is 188 Å². The van der Waals surface area contributed by atoms with Gasteiger partial charge >= 0.3 is 23.9 Å². The smallest absolute Gasteiger partial charge is 0.333 e. The first kappa shape index (κ1) is 26.2. The Hall–Kier alpha value is -3.06. The molecule has 0 spiro atoms. The number of nitrogens with zero attached hydrogens (tertiary/aromatic N) is 1. The van der Waals surface area contributed by atoms with E-state index in [0.29, 0.717) is 5.06 Å². The monoisotopic (exact) mass is 473 g/mol. The lowest BCUT2D eigenvalue weighted by Crippen LogP contribution is -2.49. The van der Waals surface area contributed by atoms with Gasteiger partial charge in [0.05, 0.1) is 32.0 Å². The Morgan fingerprint density at radius 2 is 1.42 bits per heavy atom. The van der Waals surface area contributed by atoms with E-state index in [1.807, 2.05) is 0 Å². The number of aliphatic carboxylic acids is 3. The van der Waals surface area contributed by atoms with Crippen LogP contribution < -0.4 is 0 Å². The predicted molar refractivity (Wildman–Crippen MR) is 104 cm³/mol. The third-order valence-electron chi connectivity index (χ3n) is 5.64. The molecule has 0 bridgehead atoms. The van der Waals surface area contributed by atoms with Gasteiger partial charge in [-0.15, -0.1) is 5.06 Å². The number of carboxylic acid groups (broad SMARTS) is 3. The molecule has 3 N–H and O–H groups in total. The van der Waals surface area contributed by atoms with Crippen molar-refractivity contribution in [3.63, 3.8) is 0 Å². The maximum Gasteiger partial charge on any atom is 0.333 e. The molecule has 2 fully saturated rings. The highest BCUT2D eigenvalue weighted by molar-refractivity contribution is 6.01. The lowest BCUT2D eigenvalue weighted by molar-refractivity contribution is -0.255. The Balaban J connectivity index is 1.98. The molecule has 0 aromatic rings. The topological polar surface area (TPSA) is 194 Å². The lowest BCUT2D eigenvalue weighted by Gasteiger charge is -2.45. The minimum Gasteiger partial charge on any atom is -0.481 e. The number of imide groups is 1. The van der Waals surface area contributed by atoms with Crippen molar-refractivity contribution in [2.24, 2.45) is 17.8 Å². The van der Waals surface area contributed by atoms with E-state index in [2.05, 4.69) is 0 Å². The summed E-state index contributed by atoms with van der Waals surface area (Å²) < 4.78 is 11.3. The van der Waals surface area contributed by atoms with Crippen LogP contribution in [0.25, 0.3) is 0 Å². The quantitative estimate of drug-likeness (QED) is 0.261. The molecule has 2 rings (SSSR count). The van der Waals surface area contributed by atoms with Crippen LogP contribution in [0.1, 0.15) is 51.9 Å². The number of hydrogen-bond donors (Lipinski definition) is 3. The largest absolute Gasteiger partial charge is 0.481 e. The van der Waals surface area contributed by atoms with Gasteiger partial charge in [0, 0.05) is 25.2 Å². The number of hydroxylamine groups is 2. The first-order valence-corrected chi connectivity index (χ1v) is 10.5. The van der Waals surface area contributed by atoms with Gasteiger partial charge in [0.15, 0.2) is 6.29 Å². The Morgan fingerprint density at radius 3 is 1.97 bits per heavy atom. The summed E-state index contributed by atoms with van der Waals surface area (Å²) in [6, 6.07) is 0. The molecule has 2 heterocycles. The number of carbonyl (C=O) groups excluding carboxylic acids is 3. The number of amides is 2. The van der Waals surface area contributed by atoms with Gasteiger partial charge in [0.1, 0.15) is 0 Å². The zero-order chi connectivity index (χ0) is 24.7. The van der Waals surface area contributed by atoms with E-state index in [9.17, 15) is 44.1 Å². The number of hydrogen-bond acceptors (Lipinski definition) is 9. The van der Waals surface area contributed by atoms with Crippen molar-refractivity contribution in [3.05, 3.63) is 0 Å². The molecule has 0 unspecified atom stereocenters. The molecule has 33 heavy (non-hydrogen) atoms. The van der Waals surface area contributed by atoms with E-state index in [4.69, 9.17) is 14.3 Å². The van der Waals surface area contributed by atoms with Gasteiger partial charge in [0.2, 0.25) is 0 Å². The number of rotatable bonds is 12. The first-order valence-electron chi connectivity index (χ1n) is 10.5. The van der Waals surface area contributed by atoms with Crippen LogP contribution in [0.3, 0.4) is 0 Å². The van der Waals surface area contributed by atoms with Crippen molar-refractivity contribution in [2.75, 3.05) is 6.61 Å². The zero-order valence-electron chi connectivity index (χ0n) is 18.0. The standard InChI is InChI=1S/C20H27NO12/c1-10-11(7-16(24)25)12(8-17(26)27)13(9-18(28)29)20(32-10)31-6-2-3-19(30)33-21-14(22)4-5-15(21)23/h10-13,20H,2-9H2,1H3,(H,24,25)(H,26,27)(H,28,29)/t10-,11+,12+,13+,20+/m0/s1. The molecule has 0 saturated carbocycles. The van der Waals surface area contributed by atoms with Crippen LogP contribution in [0.15, 0.2) is 0 Å².